The SMILES string of the molecule is COc1ccc(CN(C(=O)c2ccco2)c2ccc(CC(=O)N[C@@H](C)c3ccccc3)cc2)cc1. The third kappa shape index (κ3) is 6.18. The highest BCUT2D eigenvalue weighted by atomic mass is 16.5. The number of rotatable bonds is 9. The molecule has 0 bridgehead atoms. The van der Waals surface area contributed by atoms with Gasteiger partial charge in [-0.3, -0.25) is 9.59 Å². The number of hydrogen-bond donors (Lipinski definition) is 1. The van der Waals surface area contributed by atoms with Crippen LogP contribution in [0.4, 0.5) is 5.69 Å². The third-order valence-electron chi connectivity index (χ3n) is 5.77. The molecule has 2 amide bonds. The Morgan fingerprint density at radius 3 is 2.20 bits per heavy atom. The Bertz CT molecular complexity index is 1230. The molecular formula is C29H28N2O4. The Labute approximate surface area is 205 Å². The fourth-order valence-electron chi connectivity index (χ4n) is 3.82. The normalized spacial score (nSPS) is 11.5. The number of nitrogens with zero attached hydrogens (tertiary/aromatic N) is 1. The second kappa shape index (κ2) is 11.2. The summed E-state index contributed by atoms with van der Waals surface area (Å²) in [6, 6.07) is 28.2. The molecule has 1 heterocycles. The van der Waals surface area contributed by atoms with E-state index < -0.39 is 0 Å². The zero-order valence-corrected chi connectivity index (χ0v) is 19.8. The maximum absolute atomic E-state index is 13.2. The summed E-state index contributed by atoms with van der Waals surface area (Å²) < 4.78 is 10.6. The van der Waals surface area contributed by atoms with Crippen LogP contribution in [0, 0.1) is 0 Å². The summed E-state index contributed by atoms with van der Waals surface area (Å²) >= 11 is 0. The average molecular weight is 469 g/mol. The molecule has 4 aromatic rings. The molecule has 0 aliphatic heterocycles. The number of anilines is 1. The van der Waals surface area contributed by atoms with E-state index in [2.05, 4.69) is 5.32 Å². The number of benzene rings is 3. The number of carbonyl (C=O) groups excluding carboxylic acids is 2. The number of furan rings is 1. The molecule has 0 aliphatic carbocycles. The van der Waals surface area contributed by atoms with Crippen molar-refractivity contribution in [3.63, 3.8) is 0 Å². The first-order valence-corrected chi connectivity index (χ1v) is 11.4. The van der Waals surface area contributed by atoms with Crippen LogP contribution in [-0.4, -0.2) is 18.9 Å². The van der Waals surface area contributed by atoms with Gasteiger partial charge in [-0.05, 0) is 60.0 Å². The van der Waals surface area contributed by atoms with Crippen LogP contribution in [0.2, 0.25) is 0 Å². The summed E-state index contributed by atoms with van der Waals surface area (Å²) in [6.07, 6.45) is 1.74. The molecule has 1 N–H and O–H groups in total. The van der Waals surface area contributed by atoms with Gasteiger partial charge in [-0.1, -0.05) is 54.6 Å². The monoisotopic (exact) mass is 468 g/mol. The van der Waals surface area contributed by atoms with Gasteiger partial charge < -0.3 is 19.4 Å². The lowest BCUT2D eigenvalue weighted by Gasteiger charge is -2.22. The minimum Gasteiger partial charge on any atom is -0.497 e. The van der Waals surface area contributed by atoms with Gasteiger partial charge in [0, 0.05) is 5.69 Å². The van der Waals surface area contributed by atoms with Gasteiger partial charge in [0.15, 0.2) is 5.76 Å². The van der Waals surface area contributed by atoms with Gasteiger partial charge in [-0.2, -0.15) is 0 Å². The van der Waals surface area contributed by atoms with Crippen LogP contribution in [0.1, 0.15) is 40.2 Å². The molecule has 0 aliphatic rings. The van der Waals surface area contributed by atoms with Crippen LogP contribution in [0.15, 0.2) is 102 Å². The molecule has 178 valence electrons. The zero-order valence-electron chi connectivity index (χ0n) is 19.8. The first kappa shape index (κ1) is 23.8. The predicted octanol–water partition coefficient (Wildman–Crippen LogP) is 5.56. The second-order valence-corrected chi connectivity index (χ2v) is 8.26. The Balaban J connectivity index is 1.47. The Morgan fingerprint density at radius 2 is 1.57 bits per heavy atom. The van der Waals surface area contributed by atoms with Gasteiger partial charge in [-0.25, -0.2) is 0 Å². The summed E-state index contributed by atoms with van der Waals surface area (Å²) in [5.41, 5.74) is 3.58. The second-order valence-electron chi connectivity index (χ2n) is 8.26. The standard InChI is InChI=1S/C29H28N2O4/c1-21(24-7-4-3-5-8-24)30-28(32)19-22-10-14-25(15-11-22)31(29(33)27-9-6-18-35-27)20-23-12-16-26(34-2)17-13-23/h3-18,21H,19-20H2,1-2H3,(H,30,32)/t21-/m0/s1. The average Bonchev–Trinajstić information content (AvgIpc) is 3.43. The summed E-state index contributed by atoms with van der Waals surface area (Å²) in [7, 11) is 1.62. The highest BCUT2D eigenvalue weighted by molar-refractivity contribution is 6.04. The molecule has 0 spiro atoms. The summed E-state index contributed by atoms with van der Waals surface area (Å²) in [5, 5.41) is 3.03. The fourth-order valence-corrected chi connectivity index (χ4v) is 3.82. The van der Waals surface area contributed by atoms with E-state index >= 15 is 0 Å². The summed E-state index contributed by atoms with van der Waals surface area (Å²) in [4.78, 5) is 27.4. The topological polar surface area (TPSA) is 71.8 Å². The first-order chi connectivity index (χ1) is 17.0. The van der Waals surface area contributed by atoms with E-state index in [-0.39, 0.29) is 30.0 Å². The molecule has 1 atom stereocenters. The molecule has 3 aromatic carbocycles. The number of hydrogen-bond acceptors (Lipinski definition) is 4. The Hall–Kier alpha value is -4.32. The minimum absolute atomic E-state index is 0.0594. The number of amides is 2. The zero-order chi connectivity index (χ0) is 24.6. The van der Waals surface area contributed by atoms with Gasteiger partial charge in [0.1, 0.15) is 5.75 Å². The molecule has 4 rings (SSSR count). The number of nitrogens with one attached hydrogen (secondary N) is 1. The van der Waals surface area contributed by atoms with E-state index in [0.717, 1.165) is 22.4 Å². The van der Waals surface area contributed by atoms with Crippen LogP contribution >= 0.6 is 0 Å². The van der Waals surface area contributed by atoms with Crippen LogP contribution in [0.5, 0.6) is 5.75 Å². The lowest BCUT2D eigenvalue weighted by Crippen LogP contribution is -2.30. The molecule has 6 heteroatoms. The van der Waals surface area contributed by atoms with Crippen molar-refractivity contribution < 1.29 is 18.7 Å². The molecular weight excluding hydrogens is 440 g/mol. The first-order valence-electron chi connectivity index (χ1n) is 11.4. The lowest BCUT2D eigenvalue weighted by atomic mass is 10.1. The fraction of sp³-hybridized carbons (Fsp3) is 0.172. The van der Waals surface area contributed by atoms with Crippen LogP contribution in [-0.2, 0) is 17.8 Å². The van der Waals surface area contributed by atoms with Gasteiger partial charge in [0.25, 0.3) is 5.91 Å². The highest BCUT2D eigenvalue weighted by Gasteiger charge is 2.21. The van der Waals surface area contributed by atoms with Crippen molar-refractivity contribution in [2.75, 3.05) is 12.0 Å². The van der Waals surface area contributed by atoms with Crippen molar-refractivity contribution in [1.82, 2.24) is 5.32 Å². The van der Waals surface area contributed by atoms with Crippen molar-refractivity contribution in [3.8, 4) is 5.75 Å². The van der Waals surface area contributed by atoms with Crippen molar-refractivity contribution in [3.05, 3.63) is 120 Å². The Morgan fingerprint density at radius 1 is 0.886 bits per heavy atom. The van der Waals surface area contributed by atoms with Crippen molar-refractivity contribution in [1.29, 1.82) is 0 Å². The van der Waals surface area contributed by atoms with Gasteiger partial charge in [0.05, 0.1) is 32.4 Å². The number of methoxy groups -OCH3 is 1. The molecule has 0 radical (unpaired) electrons. The predicted molar refractivity (Wildman–Crippen MR) is 135 cm³/mol. The van der Waals surface area contributed by atoms with Gasteiger partial charge >= 0.3 is 0 Å². The van der Waals surface area contributed by atoms with E-state index in [1.807, 2.05) is 85.8 Å². The molecule has 0 unspecified atom stereocenters. The molecule has 1 aromatic heterocycles. The van der Waals surface area contributed by atoms with Crippen molar-refractivity contribution in [2.24, 2.45) is 0 Å². The molecule has 0 saturated carbocycles. The number of ether oxygens (including phenoxy) is 1. The van der Waals surface area contributed by atoms with E-state index in [0.29, 0.717) is 12.2 Å². The highest BCUT2D eigenvalue weighted by Crippen LogP contribution is 2.23. The maximum Gasteiger partial charge on any atom is 0.294 e. The van der Waals surface area contributed by atoms with Crippen LogP contribution < -0.4 is 15.0 Å². The van der Waals surface area contributed by atoms with Crippen molar-refractivity contribution >= 4 is 17.5 Å². The third-order valence-corrected chi connectivity index (χ3v) is 5.77. The molecule has 6 nitrogen and oxygen atoms in total. The Kier molecular flexibility index (Phi) is 7.63. The van der Waals surface area contributed by atoms with Gasteiger partial charge in [0.2, 0.25) is 5.91 Å². The smallest absolute Gasteiger partial charge is 0.294 e. The van der Waals surface area contributed by atoms with Gasteiger partial charge in [-0.15, -0.1) is 0 Å². The quantitative estimate of drug-likeness (QED) is 0.349. The summed E-state index contributed by atoms with van der Waals surface area (Å²) in [5.74, 6) is 0.711. The van der Waals surface area contributed by atoms with E-state index in [9.17, 15) is 9.59 Å². The minimum atomic E-state index is -0.243. The largest absolute Gasteiger partial charge is 0.497 e. The summed E-state index contributed by atoms with van der Waals surface area (Å²) in [6.45, 7) is 2.32. The van der Waals surface area contributed by atoms with Crippen LogP contribution in [0.3, 0.4) is 0 Å². The molecule has 0 fully saturated rings. The van der Waals surface area contributed by atoms with E-state index in [4.69, 9.17) is 9.15 Å². The molecule has 0 saturated heterocycles. The van der Waals surface area contributed by atoms with Crippen LogP contribution in [0.25, 0.3) is 0 Å². The lowest BCUT2D eigenvalue weighted by molar-refractivity contribution is -0.121. The van der Waals surface area contributed by atoms with Crippen molar-refractivity contribution in [2.45, 2.75) is 25.9 Å². The van der Waals surface area contributed by atoms with E-state index in [1.54, 1.807) is 24.1 Å². The number of carbonyl (C=O) groups is 2. The maximum atomic E-state index is 13.2. The van der Waals surface area contributed by atoms with E-state index in [1.165, 1.54) is 6.26 Å². The molecule has 35 heavy (non-hydrogen) atoms.